The van der Waals surface area contributed by atoms with Crippen LogP contribution in [0.4, 0.5) is 5.69 Å². The standard InChI is InChI=1S/C15H24N2O3/c1-4-17(5-2)10-11-20-15(18)14-12(16)8-7-9-13(14)19-6-3/h7-9H,4-6,10-11,16H2,1-3H3. The molecule has 0 unspecified atom stereocenters. The van der Waals surface area contributed by atoms with Crippen molar-refractivity contribution in [3.63, 3.8) is 0 Å². The van der Waals surface area contributed by atoms with E-state index in [1.165, 1.54) is 0 Å². The first-order valence-corrected chi connectivity index (χ1v) is 7.04. The number of anilines is 1. The van der Waals surface area contributed by atoms with Gasteiger partial charge in [0.2, 0.25) is 0 Å². The minimum atomic E-state index is -0.432. The lowest BCUT2D eigenvalue weighted by atomic mass is 10.1. The summed E-state index contributed by atoms with van der Waals surface area (Å²) in [6.45, 7) is 9.43. The summed E-state index contributed by atoms with van der Waals surface area (Å²) in [6, 6.07) is 5.15. The van der Waals surface area contributed by atoms with Gasteiger partial charge in [-0.3, -0.25) is 0 Å². The first-order chi connectivity index (χ1) is 9.63. The van der Waals surface area contributed by atoms with E-state index in [1.54, 1.807) is 18.2 Å². The number of rotatable bonds is 8. The highest BCUT2D eigenvalue weighted by Gasteiger charge is 2.17. The molecular weight excluding hydrogens is 256 g/mol. The summed E-state index contributed by atoms with van der Waals surface area (Å²) in [5.74, 6) is 0.0408. The molecule has 1 aromatic rings. The molecule has 0 radical (unpaired) electrons. The topological polar surface area (TPSA) is 64.8 Å². The minimum absolute atomic E-state index is 0.314. The van der Waals surface area contributed by atoms with Crippen LogP contribution in [0.2, 0.25) is 0 Å². The number of esters is 1. The molecule has 0 aliphatic heterocycles. The second-order valence-corrected chi connectivity index (χ2v) is 4.32. The van der Waals surface area contributed by atoms with Crippen molar-refractivity contribution in [2.24, 2.45) is 0 Å². The van der Waals surface area contributed by atoms with Gasteiger partial charge in [0.25, 0.3) is 0 Å². The molecule has 0 fully saturated rings. The summed E-state index contributed by atoms with van der Waals surface area (Å²) in [4.78, 5) is 14.3. The van der Waals surface area contributed by atoms with Gasteiger partial charge in [-0.1, -0.05) is 19.9 Å². The van der Waals surface area contributed by atoms with Gasteiger partial charge in [0.05, 0.1) is 6.61 Å². The molecule has 0 heterocycles. The Kier molecular flexibility index (Phi) is 6.87. The van der Waals surface area contributed by atoms with Crippen LogP contribution in [-0.2, 0) is 4.74 Å². The lowest BCUT2D eigenvalue weighted by Crippen LogP contribution is -2.28. The maximum absolute atomic E-state index is 12.1. The van der Waals surface area contributed by atoms with Crippen LogP contribution in [0, 0.1) is 0 Å². The third-order valence-corrected chi connectivity index (χ3v) is 3.10. The van der Waals surface area contributed by atoms with Crippen LogP contribution in [-0.4, -0.2) is 43.7 Å². The summed E-state index contributed by atoms with van der Waals surface area (Å²) in [5, 5.41) is 0. The third kappa shape index (κ3) is 4.42. The van der Waals surface area contributed by atoms with Gasteiger partial charge < -0.3 is 20.1 Å². The largest absolute Gasteiger partial charge is 0.493 e. The molecule has 1 aromatic carbocycles. The molecule has 5 heteroatoms. The summed E-state index contributed by atoms with van der Waals surface area (Å²) in [5.41, 5.74) is 6.54. The molecule has 0 spiro atoms. The molecular formula is C15H24N2O3. The van der Waals surface area contributed by atoms with E-state index in [0.717, 1.165) is 19.6 Å². The van der Waals surface area contributed by atoms with Gasteiger partial charge in [0.1, 0.15) is 17.9 Å². The Balaban J connectivity index is 2.67. The highest BCUT2D eigenvalue weighted by Crippen LogP contribution is 2.25. The highest BCUT2D eigenvalue weighted by molar-refractivity contribution is 5.98. The molecule has 2 N–H and O–H groups in total. The molecule has 0 saturated carbocycles. The second-order valence-electron chi connectivity index (χ2n) is 4.32. The fourth-order valence-electron chi connectivity index (χ4n) is 1.92. The van der Waals surface area contributed by atoms with Crippen molar-refractivity contribution >= 4 is 11.7 Å². The highest BCUT2D eigenvalue weighted by atomic mass is 16.5. The Hall–Kier alpha value is -1.75. The Morgan fingerprint density at radius 2 is 1.95 bits per heavy atom. The van der Waals surface area contributed by atoms with Crippen LogP contribution in [0.15, 0.2) is 18.2 Å². The predicted molar refractivity (Wildman–Crippen MR) is 80.1 cm³/mol. The molecule has 0 amide bonds. The lowest BCUT2D eigenvalue weighted by molar-refractivity contribution is 0.0463. The number of ether oxygens (including phenoxy) is 2. The molecule has 0 atom stereocenters. The normalized spacial score (nSPS) is 10.6. The molecule has 0 saturated heterocycles. The zero-order valence-electron chi connectivity index (χ0n) is 12.5. The van der Waals surface area contributed by atoms with Crippen LogP contribution in [0.25, 0.3) is 0 Å². The molecule has 112 valence electrons. The van der Waals surface area contributed by atoms with Crippen molar-refractivity contribution in [3.8, 4) is 5.75 Å². The fourth-order valence-corrected chi connectivity index (χ4v) is 1.92. The maximum Gasteiger partial charge on any atom is 0.344 e. The first kappa shape index (κ1) is 16.3. The summed E-state index contributed by atoms with van der Waals surface area (Å²) < 4.78 is 10.7. The number of carbonyl (C=O) groups is 1. The minimum Gasteiger partial charge on any atom is -0.493 e. The van der Waals surface area contributed by atoms with Gasteiger partial charge in [-0.25, -0.2) is 4.79 Å². The van der Waals surface area contributed by atoms with Crippen molar-refractivity contribution in [1.82, 2.24) is 4.90 Å². The number of hydrogen-bond donors (Lipinski definition) is 1. The van der Waals surface area contributed by atoms with Crippen molar-refractivity contribution in [2.75, 3.05) is 38.6 Å². The van der Waals surface area contributed by atoms with E-state index in [0.29, 0.717) is 30.2 Å². The fraction of sp³-hybridized carbons (Fsp3) is 0.533. The van der Waals surface area contributed by atoms with Crippen LogP contribution in [0.3, 0.4) is 0 Å². The van der Waals surface area contributed by atoms with E-state index < -0.39 is 5.97 Å². The van der Waals surface area contributed by atoms with Gasteiger partial charge in [-0.05, 0) is 32.1 Å². The first-order valence-electron chi connectivity index (χ1n) is 7.04. The van der Waals surface area contributed by atoms with E-state index in [2.05, 4.69) is 18.7 Å². The molecule has 0 aliphatic rings. The molecule has 5 nitrogen and oxygen atoms in total. The van der Waals surface area contributed by atoms with Crippen LogP contribution < -0.4 is 10.5 Å². The number of carbonyl (C=O) groups excluding carboxylic acids is 1. The van der Waals surface area contributed by atoms with Gasteiger partial charge in [0, 0.05) is 12.2 Å². The number of benzene rings is 1. The SMILES string of the molecule is CCOc1cccc(N)c1C(=O)OCCN(CC)CC. The van der Waals surface area contributed by atoms with Crippen molar-refractivity contribution in [2.45, 2.75) is 20.8 Å². The predicted octanol–water partition coefficient (Wildman–Crippen LogP) is 2.17. The van der Waals surface area contributed by atoms with E-state index in [-0.39, 0.29) is 0 Å². The smallest absolute Gasteiger partial charge is 0.344 e. The van der Waals surface area contributed by atoms with Crippen molar-refractivity contribution < 1.29 is 14.3 Å². The van der Waals surface area contributed by atoms with E-state index in [4.69, 9.17) is 15.2 Å². The summed E-state index contributed by atoms with van der Waals surface area (Å²) >= 11 is 0. The molecule has 1 rings (SSSR count). The molecule has 0 aromatic heterocycles. The Morgan fingerprint density at radius 3 is 2.55 bits per heavy atom. The number of likely N-dealkylation sites (N-methyl/N-ethyl adjacent to an activating group) is 1. The summed E-state index contributed by atoms with van der Waals surface area (Å²) in [7, 11) is 0. The molecule has 20 heavy (non-hydrogen) atoms. The maximum atomic E-state index is 12.1. The Morgan fingerprint density at radius 1 is 1.25 bits per heavy atom. The quantitative estimate of drug-likeness (QED) is 0.584. The zero-order chi connectivity index (χ0) is 15.0. The number of nitrogens with zero attached hydrogens (tertiary/aromatic N) is 1. The van der Waals surface area contributed by atoms with Crippen LogP contribution in [0.5, 0.6) is 5.75 Å². The average Bonchev–Trinajstić information content (AvgIpc) is 2.44. The number of nitrogens with two attached hydrogens (primary N) is 1. The van der Waals surface area contributed by atoms with E-state index in [1.807, 2.05) is 6.92 Å². The van der Waals surface area contributed by atoms with Crippen molar-refractivity contribution in [3.05, 3.63) is 23.8 Å². The van der Waals surface area contributed by atoms with E-state index >= 15 is 0 Å². The monoisotopic (exact) mass is 280 g/mol. The lowest BCUT2D eigenvalue weighted by Gasteiger charge is -2.18. The van der Waals surface area contributed by atoms with Crippen LogP contribution in [0.1, 0.15) is 31.1 Å². The zero-order valence-corrected chi connectivity index (χ0v) is 12.5. The molecule has 0 bridgehead atoms. The van der Waals surface area contributed by atoms with Crippen LogP contribution >= 0.6 is 0 Å². The van der Waals surface area contributed by atoms with Crippen molar-refractivity contribution in [1.29, 1.82) is 0 Å². The number of hydrogen-bond acceptors (Lipinski definition) is 5. The Labute approximate surface area is 120 Å². The van der Waals surface area contributed by atoms with E-state index in [9.17, 15) is 4.79 Å². The number of nitrogen functional groups attached to an aromatic ring is 1. The van der Waals surface area contributed by atoms with Gasteiger partial charge in [0.15, 0.2) is 0 Å². The van der Waals surface area contributed by atoms with Gasteiger partial charge in [-0.15, -0.1) is 0 Å². The van der Waals surface area contributed by atoms with Gasteiger partial charge in [-0.2, -0.15) is 0 Å². The average molecular weight is 280 g/mol. The van der Waals surface area contributed by atoms with Gasteiger partial charge >= 0.3 is 5.97 Å². The third-order valence-electron chi connectivity index (χ3n) is 3.10. The summed E-state index contributed by atoms with van der Waals surface area (Å²) in [6.07, 6.45) is 0. The second kappa shape index (κ2) is 8.43. The molecule has 0 aliphatic carbocycles. The Bertz CT molecular complexity index is 431.